The molecule has 0 bridgehead atoms. The molecule has 3 rings (SSSR count). The predicted molar refractivity (Wildman–Crippen MR) is 97.4 cm³/mol. The van der Waals surface area contributed by atoms with Crippen LogP contribution >= 0.6 is 0 Å². The zero-order valence-electron chi connectivity index (χ0n) is 14.3. The predicted octanol–water partition coefficient (Wildman–Crippen LogP) is 2.02. The van der Waals surface area contributed by atoms with E-state index in [1.807, 2.05) is 31.2 Å². The van der Waals surface area contributed by atoms with Gasteiger partial charge in [0.1, 0.15) is 11.9 Å². The van der Waals surface area contributed by atoms with Gasteiger partial charge in [-0.2, -0.15) is 5.26 Å². The first kappa shape index (κ1) is 16.9. The molecule has 1 fully saturated rings. The van der Waals surface area contributed by atoms with Gasteiger partial charge in [-0.3, -0.25) is 9.69 Å². The number of anilines is 2. The molecule has 25 heavy (non-hydrogen) atoms. The van der Waals surface area contributed by atoms with Crippen LogP contribution in [0.5, 0.6) is 0 Å². The monoisotopic (exact) mass is 335 g/mol. The van der Waals surface area contributed by atoms with Gasteiger partial charge in [0, 0.05) is 38.1 Å². The fraction of sp³-hybridized carbons (Fsp3) is 0.316. The van der Waals surface area contributed by atoms with E-state index >= 15 is 0 Å². The van der Waals surface area contributed by atoms with Crippen LogP contribution < -0.4 is 10.2 Å². The first-order valence-corrected chi connectivity index (χ1v) is 8.34. The van der Waals surface area contributed by atoms with E-state index in [1.54, 1.807) is 18.3 Å². The highest BCUT2D eigenvalue weighted by molar-refractivity contribution is 5.92. The van der Waals surface area contributed by atoms with Crippen molar-refractivity contribution in [1.82, 2.24) is 9.88 Å². The summed E-state index contributed by atoms with van der Waals surface area (Å²) in [5, 5.41) is 12.1. The lowest BCUT2D eigenvalue weighted by Gasteiger charge is -2.35. The van der Waals surface area contributed by atoms with Gasteiger partial charge in [0.15, 0.2) is 0 Å². The molecular formula is C19H21N5O. The summed E-state index contributed by atoms with van der Waals surface area (Å²) < 4.78 is 0. The average molecular weight is 335 g/mol. The minimum atomic E-state index is -0.00662. The number of benzene rings is 1. The third kappa shape index (κ3) is 4.34. The first-order chi connectivity index (χ1) is 12.2. The Morgan fingerprint density at radius 3 is 2.60 bits per heavy atom. The summed E-state index contributed by atoms with van der Waals surface area (Å²) in [5.74, 6) is 0.724. The van der Waals surface area contributed by atoms with Crippen molar-refractivity contribution in [2.45, 2.75) is 6.92 Å². The van der Waals surface area contributed by atoms with Crippen LogP contribution in [0.1, 0.15) is 11.1 Å². The normalized spacial score (nSPS) is 14.8. The number of aromatic nitrogens is 1. The van der Waals surface area contributed by atoms with Gasteiger partial charge in [0.05, 0.1) is 12.1 Å². The van der Waals surface area contributed by atoms with E-state index in [1.165, 1.54) is 5.56 Å². The summed E-state index contributed by atoms with van der Waals surface area (Å²) in [5.41, 5.74) is 2.58. The molecule has 1 aliphatic rings. The van der Waals surface area contributed by atoms with Crippen molar-refractivity contribution in [3.8, 4) is 6.07 Å². The summed E-state index contributed by atoms with van der Waals surface area (Å²) in [6.45, 7) is 5.43. The highest BCUT2D eigenvalue weighted by Gasteiger charge is 2.21. The largest absolute Gasteiger partial charge is 0.353 e. The molecule has 2 aromatic rings. The number of pyridine rings is 1. The van der Waals surface area contributed by atoms with Crippen LogP contribution in [0.4, 0.5) is 11.5 Å². The Kier molecular flexibility index (Phi) is 5.26. The van der Waals surface area contributed by atoms with Crippen molar-refractivity contribution >= 4 is 17.4 Å². The maximum absolute atomic E-state index is 12.2. The number of nitrogens with zero attached hydrogens (tertiary/aromatic N) is 4. The number of aryl methyl sites for hydroxylation is 1. The molecular weight excluding hydrogens is 314 g/mol. The van der Waals surface area contributed by atoms with Gasteiger partial charge in [0.2, 0.25) is 5.91 Å². The maximum Gasteiger partial charge on any atom is 0.238 e. The standard InChI is InChI=1S/C19H21N5O/c1-15-4-6-17(7-5-15)22-18(25)14-23-9-11-24(12-10-23)19-16(13-20)3-2-8-21-19/h2-8H,9-12,14H2,1H3,(H,22,25). The van der Waals surface area contributed by atoms with Crippen LogP contribution in [0.25, 0.3) is 0 Å². The van der Waals surface area contributed by atoms with Crippen LogP contribution in [0.3, 0.4) is 0 Å². The van der Waals surface area contributed by atoms with E-state index in [9.17, 15) is 10.1 Å². The molecule has 1 aliphatic heterocycles. The SMILES string of the molecule is Cc1ccc(NC(=O)CN2CCN(c3ncccc3C#N)CC2)cc1. The Labute approximate surface area is 147 Å². The fourth-order valence-corrected chi connectivity index (χ4v) is 2.89. The lowest BCUT2D eigenvalue weighted by Crippen LogP contribution is -2.49. The summed E-state index contributed by atoms with van der Waals surface area (Å²) in [7, 11) is 0. The van der Waals surface area contributed by atoms with Crippen LogP contribution in [0.2, 0.25) is 0 Å². The van der Waals surface area contributed by atoms with Crippen molar-refractivity contribution in [3.63, 3.8) is 0 Å². The summed E-state index contributed by atoms with van der Waals surface area (Å²) in [4.78, 5) is 20.7. The number of amides is 1. The van der Waals surface area contributed by atoms with Gasteiger partial charge >= 0.3 is 0 Å². The zero-order chi connectivity index (χ0) is 17.6. The van der Waals surface area contributed by atoms with Gasteiger partial charge in [-0.05, 0) is 31.2 Å². The third-order valence-corrected chi connectivity index (χ3v) is 4.28. The van der Waals surface area contributed by atoms with E-state index in [0.717, 1.165) is 37.7 Å². The molecule has 128 valence electrons. The minimum absolute atomic E-state index is 0.00662. The zero-order valence-corrected chi connectivity index (χ0v) is 14.3. The number of nitrogens with one attached hydrogen (secondary N) is 1. The second-order valence-electron chi connectivity index (χ2n) is 6.16. The third-order valence-electron chi connectivity index (χ3n) is 4.28. The molecule has 1 aromatic heterocycles. The van der Waals surface area contributed by atoms with Crippen molar-refractivity contribution < 1.29 is 4.79 Å². The van der Waals surface area contributed by atoms with Crippen LogP contribution in [0.15, 0.2) is 42.6 Å². The second-order valence-corrected chi connectivity index (χ2v) is 6.16. The molecule has 0 radical (unpaired) electrons. The van der Waals surface area contributed by atoms with Gasteiger partial charge in [-0.25, -0.2) is 4.98 Å². The molecule has 6 nitrogen and oxygen atoms in total. The minimum Gasteiger partial charge on any atom is -0.353 e. The Bertz CT molecular complexity index is 773. The molecule has 0 unspecified atom stereocenters. The van der Waals surface area contributed by atoms with Crippen LogP contribution in [-0.2, 0) is 4.79 Å². The van der Waals surface area contributed by atoms with E-state index in [2.05, 4.69) is 26.2 Å². The van der Waals surface area contributed by atoms with Gasteiger partial charge < -0.3 is 10.2 Å². The van der Waals surface area contributed by atoms with E-state index in [4.69, 9.17) is 0 Å². The van der Waals surface area contributed by atoms with Gasteiger partial charge in [-0.1, -0.05) is 17.7 Å². The summed E-state index contributed by atoms with van der Waals surface area (Å²) in [6, 6.07) is 13.5. The number of rotatable bonds is 4. The Morgan fingerprint density at radius 1 is 1.20 bits per heavy atom. The molecule has 1 amide bonds. The molecule has 1 aromatic carbocycles. The maximum atomic E-state index is 12.2. The van der Waals surface area contributed by atoms with Crippen LogP contribution in [-0.4, -0.2) is 48.5 Å². The van der Waals surface area contributed by atoms with Gasteiger partial charge in [-0.15, -0.1) is 0 Å². The lowest BCUT2D eigenvalue weighted by atomic mass is 10.2. The highest BCUT2D eigenvalue weighted by Crippen LogP contribution is 2.18. The molecule has 0 spiro atoms. The topological polar surface area (TPSA) is 72.3 Å². The number of hydrogen-bond donors (Lipinski definition) is 1. The quantitative estimate of drug-likeness (QED) is 0.925. The number of carbonyl (C=O) groups is 1. The van der Waals surface area contributed by atoms with Crippen molar-refractivity contribution in [2.24, 2.45) is 0 Å². The second kappa shape index (κ2) is 7.77. The molecule has 2 heterocycles. The molecule has 6 heteroatoms. The number of piperazine rings is 1. The molecule has 1 N–H and O–H groups in total. The summed E-state index contributed by atoms with van der Waals surface area (Å²) >= 11 is 0. The van der Waals surface area contributed by atoms with Gasteiger partial charge in [0.25, 0.3) is 0 Å². The fourth-order valence-electron chi connectivity index (χ4n) is 2.89. The average Bonchev–Trinajstić information content (AvgIpc) is 2.64. The molecule has 1 saturated heterocycles. The Hall–Kier alpha value is -2.91. The van der Waals surface area contributed by atoms with Crippen LogP contribution in [0, 0.1) is 18.3 Å². The Balaban J connectivity index is 1.51. The van der Waals surface area contributed by atoms with Crippen molar-refractivity contribution in [2.75, 3.05) is 42.9 Å². The number of carbonyl (C=O) groups excluding carboxylic acids is 1. The number of hydrogen-bond acceptors (Lipinski definition) is 5. The summed E-state index contributed by atoms with van der Waals surface area (Å²) in [6.07, 6.45) is 1.71. The van der Waals surface area contributed by atoms with E-state index < -0.39 is 0 Å². The van der Waals surface area contributed by atoms with Crippen molar-refractivity contribution in [3.05, 3.63) is 53.7 Å². The number of nitriles is 1. The Morgan fingerprint density at radius 2 is 1.92 bits per heavy atom. The highest BCUT2D eigenvalue weighted by atomic mass is 16.2. The van der Waals surface area contributed by atoms with E-state index in [-0.39, 0.29) is 5.91 Å². The first-order valence-electron chi connectivity index (χ1n) is 8.34. The smallest absolute Gasteiger partial charge is 0.238 e. The lowest BCUT2D eigenvalue weighted by molar-refractivity contribution is -0.117. The van der Waals surface area contributed by atoms with E-state index in [0.29, 0.717) is 12.1 Å². The molecule has 0 aliphatic carbocycles. The molecule has 0 saturated carbocycles. The van der Waals surface area contributed by atoms with Crippen molar-refractivity contribution in [1.29, 1.82) is 5.26 Å². The molecule has 0 atom stereocenters.